The maximum absolute atomic E-state index is 12.8. The highest BCUT2D eigenvalue weighted by Gasteiger charge is 2.26. The zero-order valence-electron chi connectivity index (χ0n) is 13.9. The Bertz CT molecular complexity index is 658. The van der Waals surface area contributed by atoms with E-state index < -0.39 is 0 Å². The number of benzene rings is 1. The molecule has 0 aliphatic carbocycles. The van der Waals surface area contributed by atoms with Crippen molar-refractivity contribution in [1.29, 1.82) is 0 Å². The molecule has 5 heteroatoms. The van der Waals surface area contributed by atoms with Crippen molar-refractivity contribution in [3.05, 3.63) is 54.4 Å². The predicted molar refractivity (Wildman–Crippen MR) is 94.2 cm³/mol. The van der Waals surface area contributed by atoms with E-state index >= 15 is 0 Å². The van der Waals surface area contributed by atoms with Gasteiger partial charge < -0.3 is 15.0 Å². The van der Waals surface area contributed by atoms with E-state index in [0.717, 1.165) is 49.2 Å². The van der Waals surface area contributed by atoms with Crippen LogP contribution in [0.5, 0.6) is 5.75 Å². The van der Waals surface area contributed by atoms with E-state index in [1.165, 1.54) is 0 Å². The molecule has 1 atom stereocenters. The summed E-state index contributed by atoms with van der Waals surface area (Å²) in [5.41, 5.74) is 1.87. The molecule has 24 heavy (non-hydrogen) atoms. The van der Waals surface area contributed by atoms with Crippen LogP contribution in [0.3, 0.4) is 0 Å². The normalized spacial score (nSPS) is 17.9. The van der Waals surface area contributed by atoms with Gasteiger partial charge in [0.25, 0.3) is 0 Å². The SMILES string of the molecule is COc1ccc(C2CCCCCN2C(=O)Nc2cccnc2)cc1. The van der Waals surface area contributed by atoms with Gasteiger partial charge in [0.1, 0.15) is 5.75 Å². The molecule has 3 rings (SSSR count). The summed E-state index contributed by atoms with van der Waals surface area (Å²) in [6.45, 7) is 0.767. The summed E-state index contributed by atoms with van der Waals surface area (Å²) in [6.07, 6.45) is 7.66. The summed E-state index contributed by atoms with van der Waals surface area (Å²) in [6, 6.07) is 11.7. The number of pyridine rings is 1. The molecule has 126 valence electrons. The van der Waals surface area contributed by atoms with E-state index in [9.17, 15) is 4.79 Å². The van der Waals surface area contributed by atoms with Crippen LogP contribution in [0.25, 0.3) is 0 Å². The molecule has 2 amide bonds. The monoisotopic (exact) mass is 325 g/mol. The second-order valence-corrected chi connectivity index (χ2v) is 6.00. The summed E-state index contributed by atoms with van der Waals surface area (Å²) in [5, 5.41) is 2.96. The second kappa shape index (κ2) is 7.81. The van der Waals surface area contributed by atoms with Crippen molar-refractivity contribution in [3.63, 3.8) is 0 Å². The molecule has 0 saturated carbocycles. The van der Waals surface area contributed by atoms with Crippen molar-refractivity contribution < 1.29 is 9.53 Å². The molecular formula is C19H23N3O2. The van der Waals surface area contributed by atoms with Crippen LogP contribution in [0.1, 0.15) is 37.3 Å². The maximum Gasteiger partial charge on any atom is 0.322 e. The molecule has 0 spiro atoms. The highest BCUT2D eigenvalue weighted by molar-refractivity contribution is 5.89. The lowest BCUT2D eigenvalue weighted by Gasteiger charge is -2.30. The largest absolute Gasteiger partial charge is 0.497 e. The number of urea groups is 1. The number of likely N-dealkylation sites (tertiary alicyclic amines) is 1. The molecule has 1 fully saturated rings. The van der Waals surface area contributed by atoms with Gasteiger partial charge in [-0.25, -0.2) is 4.79 Å². The van der Waals surface area contributed by atoms with Crippen molar-refractivity contribution >= 4 is 11.7 Å². The van der Waals surface area contributed by atoms with E-state index in [1.807, 2.05) is 29.2 Å². The fraction of sp³-hybridized carbons (Fsp3) is 0.368. The number of amides is 2. The molecule has 0 bridgehead atoms. The number of hydrogen-bond donors (Lipinski definition) is 1. The molecule has 1 aromatic carbocycles. The van der Waals surface area contributed by atoms with Crippen LogP contribution in [-0.2, 0) is 0 Å². The molecule has 1 aliphatic rings. The van der Waals surface area contributed by atoms with Crippen LogP contribution in [0.2, 0.25) is 0 Å². The number of carbonyl (C=O) groups excluding carboxylic acids is 1. The van der Waals surface area contributed by atoms with Gasteiger partial charge in [0, 0.05) is 12.7 Å². The minimum atomic E-state index is -0.0641. The highest BCUT2D eigenvalue weighted by atomic mass is 16.5. The summed E-state index contributed by atoms with van der Waals surface area (Å²) < 4.78 is 5.23. The van der Waals surface area contributed by atoms with E-state index in [1.54, 1.807) is 19.5 Å². The molecule has 2 heterocycles. The van der Waals surface area contributed by atoms with E-state index in [0.29, 0.717) is 0 Å². The first-order valence-electron chi connectivity index (χ1n) is 8.39. The molecule has 1 aromatic heterocycles. The van der Waals surface area contributed by atoms with Crippen molar-refractivity contribution in [2.75, 3.05) is 19.0 Å². The number of nitrogens with zero attached hydrogens (tertiary/aromatic N) is 2. The maximum atomic E-state index is 12.8. The predicted octanol–water partition coefficient (Wildman–Crippen LogP) is 4.24. The Kier molecular flexibility index (Phi) is 5.31. The highest BCUT2D eigenvalue weighted by Crippen LogP contribution is 2.31. The number of nitrogens with one attached hydrogen (secondary N) is 1. The quantitative estimate of drug-likeness (QED) is 0.918. The number of hydrogen-bond acceptors (Lipinski definition) is 3. The number of methoxy groups -OCH3 is 1. The van der Waals surface area contributed by atoms with E-state index in [2.05, 4.69) is 22.4 Å². The van der Waals surface area contributed by atoms with E-state index in [4.69, 9.17) is 4.74 Å². The van der Waals surface area contributed by atoms with Gasteiger partial charge in [-0.05, 0) is 42.7 Å². The number of aromatic nitrogens is 1. The van der Waals surface area contributed by atoms with Gasteiger partial charge in [-0.2, -0.15) is 0 Å². The lowest BCUT2D eigenvalue weighted by atomic mass is 10.0. The Labute approximate surface area is 142 Å². The molecule has 1 saturated heterocycles. The average Bonchev–Trinajstić information content (AvgIpc) is 2.89. The fourth-order valence-corrected chi connectivity index (χ4v) is 3.16. The van der Waals surface area contributed by atoms with Gasteiger partial charge in [-0.1, -0.05) is 25.0 Å². The first-order valence-corrected chi connectivity index (χ1v) is 8.39. The number of anilines is 1. The molecule has 1 aliphatic heterocycles. The standard InChI is InChI=1S/C19H23N3O2/c1-24-17-10-8-15(9-11-17)18-7-3-2-4-13-22(18)19(23)21-16-6-5-12-20-14-16/h5-6,8-12,14,18H,2-4,7,13H2,1H3,(H,21,23). The van der Waals surface area contributed by atoms with Crippen LogP contribution in [0.15, 0.2) is 48.8 Å². The third-order valence-electron chi connectivity index (χ3n) is 4.43. The number of ether oxygens (including phenoxy) is 1. The Morgan fingerprint density at radius 2 is 2.04 bits per heavy atom. The zero-order chi connectivity index (χ0) is 16.8. The van der Waals surface area contributed by atoms with Crippen LogP contribution in [0, 0.1) is 0 Å². The number of rotatable bonds is 3. The zero-order valence-corrected chi connectivity index (χ0v) is 13.9. The molecule has 1 N–H and O–H groups in total. The average molecular weight is 325 g/mol. The summed E-state index contributed by atoms with van der Waals surface area (Å²) in [5.74, 6) is 0.832. The first kappa shape index (κ1) is 16.3. The van der Waals surface area contributed by atoms with Crippen LogP contribution >= 0.6 is 0 Å². The Morgan fingerprint density at radius 1 is 1.21 bits per heavy atom. The van der Waals surface area contributed by atoms with Gasteiger partial charge in [0.2, 0.25) is 0 Å². The number of carbonyl (C=O) groups is 1. The molecular weight excluding hydrogens is 302 g/mol. The fourth-order valence-electron chi connectivity index (χ4n) is 3.16. The third kappa shape index (κ3) is 3.85. The Balaban J connectivity index is 1.80. The van der Waals surface area contributed by atoms with Crippen molar-refractivity contribution in [3.8, 4) is 5.75 Å². The van der Waals surface area contributed by atoms with Gasteiger partial charge in [-0.3, -0.25) is 4.98 Å². The molecule has 1 unspecified atom stereocenters. The minimum absolute atomic E-state index is 0.0641. The summed E-state index contributed by atoms with van der Waals surface area (Å²) in [4.78, 5) is 18.8. The molecule has 2 aromatic rings. The van der Waals surface area contributed by atoms with Gasteiger partial charge in [-0.15, -0.1) is 0 Å². The Morgan fingerprint density at radius 3 is 2.75 bits per heavy atom. The van der Waals surface area contributed by atoms with Gasteiger partial charge in [0.05, 0.1) is 25.0 Å². The Hall–Kier alpha value is -2.56. The lowest BCUT2D eigenvalue weighted by Crippen LogP contribution is -2.38. The van der Waals surface area contributed by atoms with Crippen molar-refractivity contribution in [2.24, 2.45) is 0 Å². The molecule has 0 radical (unpaired) electrons. The van der Waals surface area contributed by atoms with Gasteiger partial charge >= 0.3 is 6.03 Å². The van der Waals surface area contributed by atoms with Crippen molar-refractivity contribution in [2.45, 2.75) is 31.7 Å². The topological polar surface area (TPSA) is 54.5 Å². The van der Waals surface area contributed by atoms with Gasteiger partial charge in [0.15, 0.2) is 0 Å². The lowest BCUT2D eigenvalue weighted by molar-refractivity contribution is 0.189. The third-order valence-corrected chi connectivity index (χ3v) is 4.43. The first-order chi connectivity index (χ1) is 11.8. The van der Waals surface area contributed by atoms with Crippen LogP contribution in [0.4, 0.5) is 10.5 Å². The smallest absolute Gasteiger partial charge is 0.322 e. The minimum Gasteiger partial charge on any atom is -0.497 e. The summed E-state index contributed by atoms with van der Waals surface area (Å²) in [7, 11) is 1.66. The molecule has 5 nitrogen and oxygen atoms in total. The second-order valence-electron chi connectivity index (χ2n) is 6.00. The summed E-state index contributed by atoms with van der Waals surface area (Å²) >= 11 is 0. The van der Waals surface area contributed by atoms with Crippen molar-refractivity contribution in [1.82, 2.24) is 9.88 Å². The van der Waals surface area contributed by atoms with Crippen LogP contribution in [-0.4, -0.2) is 29.6 Å². The van der Waals surface area contributed by atoms with E-state index in [-0.39, 0.29) is 12.1 Å². The van der Waals surface area contributed by atoms with Crippen LogP contribution < -0.4 is 10.1 Å².